The van der Waals surface area contributed by atoms with E-state index >= 15 is 0 Å². The quantitative estimate of drug-likeness (QED) is 0.697. The van der Waals surface area contributed by atoms with Crippen LogP contribution in [0.25, 0.3) is 0 Å². The molecule has 2 aromatic carbocycles. The molecular weight excluding hydrogens is 415 g/mol. The van der Waals surface area contributed by atoms with Crippen LogP contribution in [0.3, 0.4) is 0 Å². The molecule has 5 nitrogen and oxygen atoms in total. The molecule has 0 saturated heterocycles. The standard InChI is InChI=1S/C21H24ClFN2O3S/c1-13-6-3-4-8-19(13)25-29(27,28)15-10-11-18(23)16(12-15)21(26)24-20-9-5-7-17(22)14(20)2/h5,7,9-13,19,25H,3-4,6,8H2,1-2H3,(H,24,26)/t13-,19-/m1/s1. The molecule has 2 N–H and O–H groups in total. The van der Waals surface area contributed by atoms with Crippen molar-refractivity contribution in [2.75, 3.05) is 5.32 Å². The van der Waals surface area contributed by atoms with Gasteiger partial charge in [0.25, 0.3) is 5.91 Å². The fraction of sp³-hybridized carbons (Fsp3) is 0.381. The van der Waals surface area contributed by atoms with Gasteiger partial charge in [-0.3, -0.25) is 4.79 Å². The van der Waals surface area contributed by atoms with Gasteiger partial charge in [-0.05, 0) is 61.6 Å². The van der Waals surface area contributed by atoms with Crippen molar-refractivity contribution in [3.05, 3.63) is 58.4 Å². The van der Waals surface area contributed by atoms with Crippen molar-refractivity contribution in [3.8, 4) is 0 Å². The maximum absolute atomic E-state index is 14.3. The van der Waals surface area contributed by atoms with Crippen LogP contribution in [-0.4, -0.2) is 20.4 Å². The Kier molecular flexibility index (Phi) is 6.61. The zero-order chi connectivity index (χ0) is 21.2. The van der Waals surface area contributed by atoms with E-state index in [9.17, 15) is 17.6 Å². The summed E-state index contributed by atoms with van der Waals surface area (Å²) in [6, 6.07) is 8.07. The summed E-state index contributed by atoms with van der Waals surface area (Å²) in [4.78, 5) is 12.5. The van der Waals surface area contributed by atoms with Gasteiger partial charge in [0.2, 0.25) is 10.0 Å². The zero-order valence-electron chi connectivity index (χ0n) is 16.3. The lowest BCUT2D eigenvalue weighted by atomic mass is 9.87. The second kappa shape index (κ2) is 8.81. The van der Waals surface area contributed by atoms with Gasteiger partial charge in [-0.2, -0.15) is 0 Å². The largest absolute Gasteiger partial charge is 0.322 e. The van der Waals surface area contributed by atoms with Crippen LogP contribution >= 0.6 is 11.6 Å². The first kappa shape index (κ1) is 21.7. The van der Waals surface area contributed by atoms with E-state index in [1.165, 1.54) is 6.07 Å². The topological polar surface area (TPSA) is 75.3 Å². The van der Waals surface area contributed by atoms with Crippen LogP contribution in [0.4, 0.5) is 10.1 Å². The van der Waals surface area contributed by atoms with E-state index in [1.807, 2.05) is 6.92 Å². The highest BCUT2D eigenvalue weighted by atomic mass is 35.5. The van der Waals surface area contributed by atoms with Crippen LogP contribution < -0.4 is 10.0 Å². The normalized spacial score (nSPS) is 19.7. The Morgan fingerprint density at radius 1 is 1.17 bits per heavy atom. The molecule has 156 valence electrons. The molecule has 0 radical (unpaired) electrons. The second-order valence-electron chi connectivity index (χ2n) is 7.50. The minimum Gasteiger partial charge on any atom is -0.322 e. The molecule has 2 atom stereocenters. The summed E-state index contributed by atoms with van der Waals surface area (Å²) in [5.41, 5.74) is 0.730. The van der Waals surface area contributed by atoms with Gasteiger partial charge in [0.15, 0.2) is 0 Å². The van der Waals surface area contributed by atoms with Crippen molar-refractivity contribution in [3.63, 3.8) is 0 Å². The maximum atomic E-state index is 14.3. The van der Waals surface area contributed by atoms with E-state index in [2.05, 4.69) is 10.0 Å². The van der Waals surface area contributed by atoms with E-state index in [0.717, 1.165) is 37.8 Å². The van der Waals surface area contributed by atoms with Crippen LogP contribution in [0.2, 0.25) is 5.02 Å². The predicted molar refractivity (Wildman–Crippen MR) is 112 cm³/mol. The van der Waals surface area contributed by atoms with E-state index in [-0.39, 0.29) is 22.4 Å². The van der Waals surface area contributed by atoms with E-state index in [1.54, 1.807) is 25.1 Å². The lowest BCUT2D eigenvalue weighted by Gasteiger charge is -2.29. The summed E-state index contributed by atoms with van der Waals surface area (Å²) in [6.45, 7) is 3.74. The number of nitrogens with one attached hydrogen (secondary N) is 2. The molecule has 0 aromatic heterocycles. The van der Waals surface area contributed by atoms with Crippen molar-refractivity contribution in [1.82, 2.24) is 4.72 Å². The van der Waals surface area contributed by atoms with Gasteiger partial charge >= 0.3 is 0 Å². The molecule has 0 heterocycles. The number of rotatable bonds is 5. The summed E-state index contributed by atoms with van der Waals surface area (Å²) in [6.07, 6.45) is 3.78. The average molecular weight is 439 g/mol. The Labute approximate surface area is 175 Å². The Morgan fingerprint density at radius 3 is 2.62 bits per heavy atom. The molecule has 3 rings (SSSR count). The Bertz CT molecular complexity index is 1030. The van der Waals surface area contributed by atoms with Gasteiger partial charge in [-0.15, -0.1) is 0 Å². The van der Waals surface area contributed by atoms with Crippen LogP contribution in [0.15, 0.2) is 41.3 Å². The maximum Gasteiger partial charge on any atom is 0.258 e. The summed E-state index contributed by atoms with van der Waals surface area (Å²) in [5.74, 6) is -1.31. The van der Waals surface area contributed by atoms with Gasteiger partial charge in [-0.25, -0.2) is 17.5 Å². The van der Waals surface area contributed by atoms with Crippen molar-refractivity contribution in [2.24, 2.45) is 5.92 Å². The minimum atomic E-state index is -3.87. The molecule has 29 heavy (non-hydrogen) atoms. The van der Waals surface area contributed by atoms with Crippen molar-refractivity contribution < 1.29 is 17.6 Å². The molecule has 0 unspecified atom stereocenters. The van der Waals surface area contributed by atoms with Crippen LogP contribution in [0, 0.1) is 18.7 Å². The number of amides is 1. The van der Waals surface area contributed by atoms with Gasteiger partial charge in [0, 0.05) is 16.8 Å². The number of carbonyl (C=O) groups is 1. The fourth-order valence-electron chi connectivity index (χ4n) is 3.54. The number of halogens is 2. The number of hydrogen-bond donors (Lipinski definition) is 2. The van der Waals surface area contributed by atoms with Gasteiger partial charge < -0.3 is 5.32 Å². The molecule has 0 bridgehead atoms. The number of hydrogen-bond acceptors (Lipinski definition) is 3. The SMILES string of the molecule is Cc1c(Cl)cccc1NC(=O)c1cc(S(=O)(=O)N[C@@H]2CCCC[C@H]2C)ccc1F. The molecule has 8 heteroatoms. The minimum absolute atomic E-state index is 0.135. The van der Waals surface area contributed by atoms with Gasteiger partial charge in [0.1, 0.15) is 5.82 Å². The first-order valence-corrected chi connectivity index (χ1v) is 11.4. The monoisotopic (exact) mass is 438 g/mol. The molecule has 0 aliphatic heterocycles. The highest BCUT2D eigenvalue weighted by molar-refractivity contribution is 7.89. The fourth-order valence-corrected chi connectivity index (χ4v) is 5.12. The highest BCUT2D eigenvalue weighted by Gasteiger charge is 2.28. The first-order chi connectivity index (χ1) is 13.7. The number of carbonyl (C=O) groups excluding carboxylic acids is 1. The molecule has 1 saturated carbocycles. The first-order valence-electron chi connectivity index (χ1n) is 9.57. The number of benzene rings is 2. The van der Waals surface area contributed by atoms with E-state index in [4.69, 9.17) is 11.6 Å². The van der Waals surface area contributed by atoms with Crippen LogP contribution in [-0.2, 0) is 10.0 Å². The third-order valence-electron chi connectivity index (χ3n) is 5.43. The predicted octanol–water partition coefficient (Wildman–Crippen LogP) is 4.90. The third-order valence-corrected chi connectivity index (χ3v) is 7.32. The molecule has 1 aliphatic rings. The lowest BCUT2D eigenvalue weighted by Crippen LogP contribution is -2.41. The Morgan fingerprint density at radius 2 is 1.90 bits per heavy atom. The number of sulfonamides is 1. The summed E-state index contributed by atoms with van der Waals surface area (Å²) in [5, 5.41) is 3.06. The summed E-state index contributed by atoms with van der Waals surface area (Å²) >= 11 is 6.05. The van der Waals surface area contributed by atoms with E-state index < -0.39 is 21.7 Å². The molecule has 2 aromatic rings. The second-order valence-corrected chi connectivity index (χ2v) is 9.62. The van der Waals surface area contributed by atoms with E-state index in [0.29, 0.717) is 16.3 Å². The number of anilines is 1. The molecule has 0 spiro atoms. The Balaban J connectivity index is 1.85. The molecule has 1 fully saturated rings. The van der Waals surface area contributed by atoms with Crippen molar-refractivity contribution >= 4 is 33.2 Å². The average Bonchev–Trinajstić information content (AvgIpc) is 2.67. The van der Waals surface area contributed by atoms with Crippen LogP contribution in [0.5, 0.6) is 0 Å². The molecule has 1 aliphatic carbocycles. The smallest absolute Gasteiger partial charge is 0.258 e. The molecule has 1 amide bonds. The van der Waals surface area contributed by atoms with Gasteiger partial charge in [0.05, 0.1) is 10.5 Å². The lowest BCUT2D eigenvalue weighted by molar-refractivity contribution is 0.102. The highest BCUT2D eigenvalue weighted by Crippen LogP contribution is 2.27. The molecular formula is C21H24ClFN2O3S. The van der Waals surface area contributed by atoms with Gasteiger partial charge in [-0.1, -0.05) is 37.4 Å². The van der Waals surface area contributed by atoms with Crippen molar-refractivity contribution in [2.45, 2.75) is 50.5 Å². The zero-order valence-corrected chi connectivity index (χ0v) is 17.9. The summed E-state index contributed by atoms with van der Waals surface area (Å²) < 4.78 is 42.6. The van der Waals surface area contributed by atoms with Crippen LogP contribution in [0.1, 0.15) is 48.5 Å². The summed E-state index contributed by atoms with van der Waals surface area (Å²) in [7, 11) is -3.87. The Hall–Kier alpha value is -1.96. The van der Waals surface area contributed by atoms with Crippen molar-refractivity contribution in [1.29, 1.82) is 0 Å². The third kappa shape index (κ3) is 4.97.